The van der Waals surface area contributed by atoms with Crippen molar-refractivity contribution in [1.29, 1.82) is 0 Å². The van der Waals surface area contributed by atoms with Crippen molar-refractivity contribution in [3.05, 3.63) is 71.0 Å². The van der Waals surface area contributed by atoms with E-state index in [2.05, 4.69) is 9.88 Å². The van der Waals surface area contributed by atoms with Crippen LogP contribution in [0.15, 0.2) is 54.7 Å². The van der Waals surface area contributed by atoms with Crippen molar-refractivity contribution in [1.82, 2.24) is 9.47 Å². The molecule has 1 N–H and O–H groups in total. The summed E-state index contributed by atoms with van der Waals surface area (Å²) in [5.74, 6) is 1.41. The lowest BCUT2D eigenvalue weighted by atomic mass is 10.0. The number of amides is 2. The number of rotatable bonds is 5. The van der Waals surface area contributed by atoms with Crippen LogP contribution in [-0.4, -0.2) is 43.4 Å². The van der Waals surface area contributed by atoms with Crippen LogP contribution in [0, 0.1) is 0 Å². The molecule has 31 heavy (non-hydrogen) atoms. The van der Waals surface area contributed by atoms with Gasteiger partial charge in [-0.3, -0.25) is 0 Å². The van der Waals surface area contributed by atoms with Crippen LogP contribution in [0.2, 0.25) is 5.02 Å². The van der Waals surface area contributed by atoms with Crippen molar-refractivity contribution in [2.24, 2.45) is 0 Å². The second kappa shape index (κ2) is 8.81. The molecule has 0 saturated heterocycles. The molecule has 0 bridgehead atoms. The van der Waals surface area contributed by atoms with Crippen LogP contribution in [0.25, 0.3) is 0 Å². The maximum Gasteiger partial charge on any atom is 0.322 e. The summed E-state index contributed by atoms with van der Waals surface area (Å²) in [6.45, 7) is 1.28. The number of ether oxygens (including phenoxy) is 3. The number of halogens is 1. The molecule has 1 aliphatic heterocycles. The summed E-state index contributed by atoms with van der Waals surface area (Å²) in [5.41, 5.74) is 2.59. The molecule has 2 amide bonds. The molecule has 8 heteroatoms. The molecule has 1 aliphatic rings. The Labute approximate surface area is 186 Å². The van der Waals surface area contributed by atoms with Crippen LogP contribution in [0.1, 0.15) is 17.3 Å². The van der Waals surface area contributed by atoms with Crippen LogP contribution in [0.4, 0.5) is 10.5 Å². The van der Waals surface area contributed by atoms with Gasteiger partial charge in [-0.25, -0.2) is 4.79 Å². The predicted octanol–water partition coefficient (Wildman–Crippen LogP) is 4.80. The number of nitrogens with one attached hydrogen (secondary N) is 1. The summed E-state index contributed by atoms with van der Waals surface area (Å²) in [6.07, 6.45) is 2.03. The first-order chi connectivity index (χ1) is 15.0. The van der Waals surface area contributed by atoms with E-state index in [1.807, 2.05) is 47.5 Å². The third-order valence-electron chi connectivity index (χ3n) is 5.40. The molecule has 7 nitrogen and oxygen atoms in total. The number of hydrogen-bond acceptors (Lipinski definition) is 4. The van der Waals surface area contributed by atoms with E-state index in [0.717, 1.165) is 17.8 Å². The first-order valence-corrected chi connectivity index (χ1v) is 10.2. The van der Waals surface area contributed by atoms with Gasteiger partial charge in [0.1, 0.15) is 0 Å². The molecule has 2 aromatic carbocycles. The molecule has 2 heterocycles. The van der Waals surface area contributed by atoms with E-state index < -0.39 is 0 Å². The minimum atomic E-state index is -0.233. The lowest BCUT2D eigenvalue weighted by molar-refractivity contribution is 0.182. The average Bonchev–Trinajstić information content (AvgIpc) is 3.27. The Hall–Kier alpha value is -3.32. The van der Waals surface area contributed by atoms with E-state index in [9.17, 15) is 4.79 Å². The molecule has 4 rings (SSSR count). The van der Waals surface area contributed by atoms with Gasteiger partial charge in [0.25, 0.3) is 0 Å². The fourth-order valence-electron chi connectivity index (χ4n) is 3.95. The van der Waals surface area contributed by atoms with E-state index in [1.165, 1.54) is 21.3 Å². The average molecular weight is 442 g/mol. The minimum absolute atomic E-state index is 0.221. The minimum Gasteiger partial charge on any atom is -0.493 e. The smallest absolute Gasteiger partial charge is 0.322 e. The maximum atomic E-state index is 13.4. The van der Waals surface area contributed by atoms with Crippen molar-refractivity contribution < 1.29 is 19.0 Å². The number of anilines is 1. The van der Waals surface area contributed by atoms with Crippen LogP contribution in [0.3, 0.4) is 0 Å². The van der Waals surface area contributed by atoms with Gasteiger partial charge in [-0.05, 0) is 29.8 Å². The van der Waals surface area contributed by atoms with Gasteiger partial charge in [0.15, 0.2) is 11.5 Å². The zero-order chi connectivity index (χ0) is 22.0. The lowest BCUT2D eigenvalue weighted by Crippen LogP contribution is -2.44. The number of urea groups is 1. The third kappa shape index (κ3) is 4.01. The van der Waals surface area contributed by atoms with Gasteiger partial charge in [0.05, 0.1) is 33.1 Å². The highest BCUT2D eigenvalue weighted by atomic mass is 35.5. The molecule has 1 aromatic heterocycles. The van der Waals surface area contributed by atoms with Gasteiger partial charge < -0.3 is 29.0 Å². The molecule has 0 radical (unpaired) electrons. The van der Waals surface area contributed by atoms with Crippen molar-refractivity contribution in [3.8, 4) is 17.2 Å². The van der Waals surface area contributed by atoms with Crippen LogP contribution in [-0.2, 0) is 6.54 Å². The van der Waals surface area contributed by atoms with Crippen molar-refractivity contribution >= 4 is 23.3 Å². The first kappa shape index (κ1) is 20.9. The molecular weight excluding hydrogens is 418 g/mol. The first-order valence-electron chi connectivity index (χ1n) is 9.84. The van der Waals surface area contributed by atoms with Gasteiger partial charge in [0.2, 0.25) is 5.75 Å². The second-order valence-corrected chi connectivity index (χ2v) is 7.55. The molecule has 1 atom stereocenters. The molecule has 0 fully saturated rings. The van der Waals surface area contributed by atoms with Gasteiger partial charge in [-0.15, -0.1) is 0 Å². The second-order valence-electron chi connectivity index (χ2n) is 7.12. The van der Waals surface area contributed by atoms with Crippen molar-refractivity contribution in [2.45, 2.75) is 12.6 Å². The SMILES string of the molecule is COc1cc(NC(=O)N2CCn3cccc3C2c2ccc(Cl)cc2)cc(OC)c1OC. The van der Waals surface area contributed by atoms with E-state index in [4.69, 9.17) is 25.8 Å². The Bertz CT molecular complexity index is 1060. The monoisotopic (exact) mass is 441 g/mol. The van der Waals surface area contributed by atoms with Crippen LogP contribution < -0.4 is 19.5 Å². The summed E-state index contributed by atoms with van der Waals surface area (Å²) < 4.78 is 18.3. The number of nitrogens with zero attached hydrogens (tertiary/aromatic N) is 2. The van der Waals surface area contributed by atoms with Crippen molar-refractivity contribution in [2.75, 3.05) is 33.2 Å². The summed E-state index contributed by atoms with van der Waals surface area (Å²) in [6, 6.07) is 14.6. The number of benzene rings is 2. The topological polar surface area (TPSA) is 65.0 Å². The van der Waals surface area contributed by atoms with Gasteiger partial charge in [-0.1, -0.05) is 23.7 Å². The standard InChI is InChI=1S/C23H24ClN3O4/c1-29-19-13-17(14-20(30-2)22(19)31-3)25-23(28)27-12-11-26-10-4-5-18(26)21(27)15-6-8-16(24)9-7-15/h4-10,13-14,21H,11-12H2,1-3H3,(H,25,28). The number of carbonyl (C=O) groups excluding carboxylic acids is 1. The predicted molar refractivity (Wildman–Crippen MR) is 120 cm³/mol. The molecule has 3 aromatic rings. The highest BCUT2D eigenvalue weighted by Gasteiger charge is 2.32. The molecule has 0 spiro atoms. The molecule has 0 aliphatic carbocycles. The molecule has 162 valence electrons. The van der Waals surface area contributed by atoms with Gasteiger partial charge in [0, 0.05) is 42.1 Å². The Balaban J connectivity index is 1.66. The number of hydrogen-bond donors (Lipinski definition) is 1. The number of aromatic nitrogens is 1. The third-order valence-corrected chi connectivity index (χ3v) is 5.65. The van der Waals surface area contributed by atoms with E-state index in [-0.39, 0.29) is 12.1 Å². The zero-order valence-electron chi connectivity index (χ0n) is 17.6. The fraction of sp³-hybridized carbons (Fsp3) is 0.261. The van der Waals surface area contributed by atoms with Crippen LogP contribution in [0.5, 0.6) is 17.2 Å². The van der Waals surface area contributed by atoms with Gasteiger partial charge in [-0.2, -0.15) is 0 Å². The maximum absolute atomic E-state index is 13.4. The number of fused-ring (bicyclic) bond motifs is 1. The summed E-state index contributed by atoms with van der Waals surface area (Å²) in [4.78, 5) is 15.2. The fourth-order valence-corrected chi connectivity index (χ4v) is 4.07. The van der Waals surface area contributed by atoms with Crippen LogP contribution >= 0.6 is 11.6 Å². The lowest BCUT2D eigenvalue weighted by Gasteiger charge is -2.37. The summed E-state index contributed by atoms with van der Waals surface area (Å²) in [7, 11) is 4.62. The Morgan fingerprint density at radius 3 is 2.29 bits per heavy atom. The normalized spacial score (nSPS) is 15.2. The Kier molecular flexibility index (Phi) is 5.95. The Morgan fingerprint density at radius 2 is 1.68 bits per heavy atom. The Morgan fingerprint density at radius 1 is 1.00 bits per heavy atom. The quantitative estimate of drug-likeness (QED) is 0.617. The molecule has 1 unspecified atom stereocenters. The zero-order valence-corrected chi connectivity index (χ0v) is 18.3. The molecular formula is C23H24ClN3O4. The summed E-state index contributed by atoms with van der Waals surface area (Å²) >= 11 is 6.09. The highest BCUT2D eigenvalue weighted by molar-refractivity contribution is 6.30. The van der Waals surface area contributed by atoms with Crippen molar-refractivity contribution in [3.63, 3.8) is 0 Å². The number of methoxy groups -OCH3 is 3. The van der Waals surface area contributed by atoms with E-state index >= 15 is 0 Å². The van der Waals surface area contributed by atoms with E-state index in [0.29, 0.717) is 34.5 Å². The van der Waals surface area contributed by atoms with Gasteiger partial charge >= 0.3 is 6.03 Å². The number of carbonyl (C=O) groups is 1. The highest BCUT2D eigenvalue weighted by Crippen LogP contribution is 2.40. The largest absolute Gasteiger partial charge is 0.493 e. The van der Waals surface area contributed by atoms with E-state index in [1.54, 1.807) is 12.1 Å². The summed E-state index contributed by atoms with van der Waals surface area (Å²) in [5, 5.41) is 3.64. The molecule has 0 saturated carbocycles.